The van der Waals surface area contributed by atoms with Crippen LogP contribution in [-0.2, 0) is 0 Å². The molecule has 68 valence electrons. The normalized spacial score (nSPS) is 9.15. The Labute approximate surface area is 84.2 Å². The first-order chi connectivity index (χ1) is 6.36. The summed E-state index contributed by atoms with van der Waals surface area (Å²) in [4.78, 5) is 5.11. The van der Waals surface area contributed by atoms with E-state index in [4.69, 9.17) is 0 Å². The molecule has 0 aliphatic carbocycles. The SMILES string of the molecule is CC.Sc1cnc2ccccc2c1. The number of benzene rings is 1. The van der Waals surface area contributed by atoms with Crippen molar-refractivity contribution in [1.82, 2.24) is 4.98 Å². The minimum Gasteiger partial charge on any atom is -0.255 e. The lowest BCUT2D eigenvalue weighted by Gasteiger charge is -1.95. The molecule has 1 aromatic carbocycles. The van der Waals surface area contributed by atoms with E-state index in [2.05, 4.69) is 17.6 Å². The summed E-state index contributed by atoms with van der Waals surface area (Å²) in [7, 11) is 0. The molecule has 1 nitrogen and oxygen atoms in total. The molecular weight excluding hydrogens is 178 g/mol. The van der Waals surface area contributed by atoms with Gasteiger partial charge in [0.2, 0.25) is 0 Å². The van der Waals surface area contributed by atoms with Crippen molar-refractivity contribution >= 4 is 23.5 Å². The van der Waals surface area contributed by atoms with Crippen LogP contribution in [-0.4, -0.2) is 4.98 Å². The van der Waals surface area contributed by atoms with Gasteiger partial charge in [-0.05, 0) is 12.1 Å². The molecule has 0 aliphatic rings. The van der Waals surface area contributed by atoms with Gasteiger partial charge in [0.05, 0.1) is 5.52 Å². The predicted octanol–water partition coefficient (Wildman–Crippen LogP) is 3.55. The highest BCUT2D eigenvalue weighted by Crippen LogP contribution is 2.14. The molecule has 0 saturated heterocycles. The van der Waals surface area contributed by atoms with Gasteiger partial charge in [-0.25, -0.2) is 0 Å². The van der Waals surface area contributed by atoms with E-state index in [0.717, 1.165) is 15.8 Å². The van der Waals surface area contributed by atoms with Gasteiger partial charge in [-0.3, -0.25) is 4.98 Å². The van der Waals surface area contributed by atoms with Crippen molar-refractivity contribution in [2.75, 3.05) is 0 Å². The Kier molecular flexibility index (Phi) is 3.77. The molecule has 0 amide bonds. The van der Waals surface area contributed by atoms with E-state index in [-0.39, 0.29) is 0 Å². The predicted molar refractivity (Wildman–Crippen MR) is 60.3 cm³/mol. The standard InChI is InChI=1S/C9H7NS.C2H6/c11-8-5-7-3-1-2-4-9(7)10-6-8;1-2/h1-6,11H;1-2H3. The van der Waals surface area contributed by atoms with Gasteiger partial charge in [0.1, 0.15) is 0 Å². The molecule has 0 spiro atoms. The molecule has 0 atom stereocenters. The van der Waals surface area contributed by atoms with Gasteiger partial charge in [0.15, 0.2) is 0 Å². The highest BCUT2D eigenvalue weighted by Gasteiger charge is 1.91. The molecule has 2 aromatic rings. The maximum atomic E-state index is 4.20. The van der Waals surface area contributed by atoms with Gasteiger partial charge in [-0.1, -0.05) is 32.0 Å². The summed E-state index contributed by atoms with van der Waals surface area (Å²) in [6, 6.07) is 10.0. The molecule has 0 radical (unpaired) electrons. The molecule has 0 saturated carbocycles. The molecule has 0 bridgehead atoms. The van der Waals surface area contributed by atoms with Gasteiger partial charge in [0.25, 0.3) is 0 Å². The second-order valence-electron chi connectivity index (χ2n) is 2.39. The second-order valence-corrected chi connectivity index (χ2v) is 2.90. The molecule has 1 heterocycles. The lowest BCUT2D eigenvalue weighted by Crippen LogP contribution is -1.76. The fourth-order valence-electron chi connectivity index (χ4n) is 1.06. The van der Waals surface area contributed by atoms with Crippen LogP contribution >= 0.6 is 12.6 Å². The van der Waals surface area contributed by atoms with Crippen molar-refractivity contribution < 1.29 is 0 Å². The van der Waals surface area contributed by atoms with Crippen LogP contribution in [0.4, 0.5) is 0 Å². The molecule has 13 heavy (non-hydrogen) atoms. The highest BCUT2D eigenvalue weighted by atomic mass is 32.1. The fraction of sp³-hybridized carbons (Fsp3) is 0.182. The van der Waals surface area contributed by atoms with Crippen LogP contribution in [0.2, 0.25) is 0 Å². The minimum atomic E-state index is 0.906. The van der Waals surface area contributed by atoms with E-state index in [1.165, 1.54) is 0 Å². The molecule has 0 unspecified atom stereocenters. The van der Waals surface area contributed by atoms with Crippen LogP contribution in [0.15, 0.2) is 41.4 Å². The van der Waals surface area contributed by atoms with E-state index >= 15 is 0 Å². The van der Waals surface area contributed by atoms with Gasteiger partial charge in [-0.2, -0.15) is 0 Å². The number of hydrogen-bond acceptors (Lipinski definition) is 2. The number of para-hydroxylation sites is 1. The van der Waals surface area contributed by atoms with Crippen molar-refractivity contribution in [3.8, 4) is 0 Å². The number of hydrogen-bond donors (Lipinski definition) is 1. The van der Waals surface area contributed by atoms with Crippen LogP contribution < -0.4 is 0 Å². The summed E-state index contributed by atoms with van der Waals surface area (Å²) in [5.41, 5.74) is 1.02. The minimum absolute atomic E-state index is 0.906. The monoisotopic (exact) mass is 191 g/mol. The van der Waals surface area contributed by atoms with Crippen molar-refractivity contribution in [2.45, 2.75) is 18.7 Å². The smallest absolute Gasteiger partial charge is 0.0702 e. The zero-order chi connectivity index (χ0) is 9.68. The molecule has 0 aliphatic heterocycles. The quantitative estimate of drug-likeness (QED) is 0.628. The van der Waals surface area contributed by atoms with E-state index < -0.39 is 0 Å². The number of nitrogens with zero attached hydrogens (tertiary/aromatic N) is 1. The molecular formula is C11H13NS. The molecule has 2 rings (SSSR count). The van der Waals surface area contributed by atoms with Gasteiger partial charge in [-0.15, -0.1) is 12.6 Å². The molecule has 0 fully saturated rings. The van der Waals surface area contributed by atoms with Gasteiger partial charge >= 0.3 is 0 Å². The number of aromatic nitrogens is 1. The average Bonchev–Trinajstić information content (AvgIpc) is 2.21. The summed E-state index contributed by atoms with van der Waals surface area (Å²) >= 11 is 4.20. The lowest BCUT2D eigenvalue weighted by molar-refractivity contribution is 1.31. The third kappa shape index (κ3) is 2.46. The number of rotatable bonds is 0. The zero-order valence-corrected chi connectivity index (χ0v) is 8.75. The van der Waals surface area contributed by atoms with E-state index in [1.54, 1.807) is 6.20 Å². The summed E-state index contributed by atoms with van der Waals surface area (Å²) in [6.07, 6.45) is 1.76. The van der Waals surface area contributed by atoms with Crippen LogP contribution in [0.3, 0.4) is 0 Å². The van der Waals surface area contributed by atoms with Gasteiger partial charge < -0.3 is 0 Å². The summed E-state index contributed by atoms with van der Waals surface area (Å²) in [5, 5.41) is 1.14. The lowest BCUT2D eigenvalue weighted by atomic mass is 10.2. The third-order valence-electron chi connectivity index (χ3n) is 1.58. The Bertz CT molecular complexity index is 385. The Morgan fingerprint density at radius 2 is 1.85 bits per heavy atom. The Balaban J connectivity index is 0.000000396. The fourth-order valence-corrected chi connectivity index (χ4v) is 1.26. The summed E-state index contributed by atoms with van der Waals surface area (Å²) in [6.45, 7) is 4.00. The first-order valence-corrected chi connectivity index (χ1v) is 4.85. The molecule has 2 heteroatoms. The van der Waals surface area contributed by atoms with Crippen LogP contribution in [0.25, 0.3) is 10.9 Å². The maximum absolute atomic E-state index is 4.20. The largest absolute Gasteiger partial charge is 0.255 e. The van der Waals surface area contributed by atoms with Crippen LogP contribution in [0, 0.1) is 0 Å². The third-order valence-corrected chi connectivity index (χ3v) is 1.82. The van der Waals surface area contributed by atoms with Gasteiger partial charge in [0, 0.05) is 16.5 Å². The average molecular weight is 191 g/mol. The number of thiol groups is 1. The molecule has 1 aromatic heterocycles. The van der Waals surface area contributed by atoms with Crippen molar-refractivity contribution in [1.29, 1.82) is 0 Å². The topological polar surface area (TPSA) is 12.9 Å². The second kappa shape index (κ2) is 4.87. The van der Waals surface area contributed by atoms with Crippen molar-refractivity contribution in [3.05, 3.63) is 36.5 Å². The Morgan fingerprint density at radius 3 is 2.62 bits per heavy atom. The van der Waals surface area contributed by atoms with Crippen molar-refractivity contribution in [3.63, 3.8) is 0 Å². The highest BCUT2D eigenvalue weighted by molar-refractivity contribution is 7.80. The van der Waals surface area contributed by atoms with Crippen LogP contribution in [0.1, 0.15) is 13.8 Å². The maximum Gasteiger partial charge on any atom is 0.0702 e. The number of fused-ring (bicyclic) bond motifs is 1. The van der Waals surface area contributed by atoms with Crippen molar-refractivity contribution in [2.24, 2.45) is 0 Å². The number of pyridine rings is 1. The van der Waals surface area contributed by atoms with E-state index in [1.807, 2.05) is 44.2 Å². The summed E-state index contributed by atoms with van der Waals surface area (Å²) in [5.74, 6) is 0. The summed E-state index contributed by atoms with van der Waals surface area (Å²) < 4.78 is 0. The van der Waals surface area contributed by atoms with E-state index in [9.17, 15) is 0 Å². The molecule has 0 N–H and O–H groups in total. The van der Waals surface area contributed by atoms with E-state index in [0.29, 0.717) is 0 Å². The first-order valence-electron chi connectivity index (χ1n) is 4.40. The Morgan fingerprint density at radius 1 is 1.15 bits per heavy atom. The first kappa shape index (κ1) is 10.1. The zero-order valence-electron chi connectivity index (χ0n) is 7.86. The Hall–Kier alpha value is -1.02. The van der Waals surface area contributed by atoms with Crippen LogP contribution in [0.5, 0.6) is 0 Å².